The summed E-state index contributed by atoms with van der Waals surface area (Å²) in [5.74, 6) is 1.28. The Kier molecular flexibility index (Phi) is 4.34. The predicted molar refractivity (Wildman–Crippen MR) is 95.5 cm³/mol. The standard InChI is InChI=1S/C18H20N6O2/c1-11-16(12(2)26-23-11)17-14(15-9-19-5-6-20-15)8-21-18(22-17)24-7-3-4-13(25)10-24/h5-6,8-9,13,25H,3-4,7,10H2,1-2H3. The molecule has 1 unspecified atom stereocenters. The van der Waals surface area contributed by atoms with E-state index in [1.54, 1.807) is 24.8 Å². The molecule has 8 heteroatoms. The van der Waals surface area contributed by atoms with E-state index in [9.17, 15) is 5.11 Å². The van der Waals surface area contributed by atoms with Crippen molar-refractivity contribution in [2.45, 2.75) is 32.8 Å². The highest BCUT2D eigenvalue weighted by atomic mass is 16.5. The van der Waals surface area contributed by atoms with Crippen molar-refractivity contribution < 1.29 is 9.63 Å². The van der Waals surface area contributed by atoms with E-state index in [1.807, 2.05) is 18.7 Å². The quantitative estimate of drug-likeness (QED) is 0.765. The van der Waals surface area contributed by atoms with Gasteiger partial charge in [0.1, 0.15) is 5.76 Å². The smallest absolute Gasteiger partial charge is 0.225 e. The van der Waals surface area contributed by atoms with E-state index in [0.717, 1.165) is 36.2 Å². The summed E-state index contributed by atoms with van der Waals surface area (Å²) in [5, 5.41) is 14.0. The van der Waals surface area contributed by atoms with E-state index in [1.165, 1.54) is 0 Å². The average molecular weight is 352 g/mol. The molecule has 0 saturated carbocycles. The highest BCUT2D eigenvalue weighted by Gasteiger charge is 2.24. The monoisotopic (exact) mass is 352 g/mol. The Labute approximate surface area is 150 Å². The number of aliphatic hydroxyl groups is 1. The molecule has 0 bridgehead atoms. The van der Waals surface area contributed by atoms with E-state index in [-0.39, 0.29) is 6.10 Å². The van der Waals surface area contributed by atoms with Gasteiger partial charge in [-0.3, -0.25) is 9.97 Å². The third-order valence-corrected chi connectivity index (χ3v) is 4.56. The first-order valence-electron chi connectivity index (χ1n) is 8.63. The molecule has 1 aliphatic heterocycles. The van der Waals surface area contributed by atoms with Crippen LogP contribution in [0.1, 0.15) is 24.3 Å². The Morgan fingerprint density at radius 2 is 2.08 bits per heavy atom. The third-order valence-electron chi connectivity index (χ3n) is 4.56. The SMILES string of the molecule is Cc1noc(C)c1-c1nc(N2CCCC(O)C2)ncc1-c1cnccn1. The Bertz CT molecular complexity index is 892. The molecule has 1 fully saturated rings. The molecule has 1 N–H and O–H groups in total. The lowest BCUT2D eigenvalue weighted by atomic mass is 10.0. The fourth-order valence-electron chi connectivity index (χ4n) is 3.30. The van der Waals surface area contributed by atoms with Crippen LogP contribution in [0, 0.1) is 13.8 Å². The summed E-state index contributed by atoms with van der Waals surface area (Å²) in [6.07, 6.45) is 8.08. The number of hydrogen-bond donors (Lipinski definition) is 1. The van der Waals surface area contributed by atoms with Crippen LogP contribution in [0.25, 0.3) is 22.5 Å². The molecule has 0 spiro atoms. The minimum atomic E-state index is -0.352. The van der Waals surface area contributed by atoms with Crippen molar-refractivity contribution in [3.63, 3.8) is 0 Å². The molecule has 0 aliphatic carbocycles. The van der Waals surface area contributed by atoms with Gasteiger partial charge in [-0.15, -0.1) is 0 Å². The fraction of sp³-hybridized carbons (Fsp3) is 0.389. The van der Waals surface area contributed by atoms with Crippen molar-refractivity contribution in [1.82, 2.24) is 25.1 Å². The Balaban J connectivity index is 1.85. The Morgan fingerprint density at radius 3 is 2.77 bits per heavy atom. The average Bonchev–Trinajstić information content (AvgIpc) is 3.00. The van der Waals surface area contributed by atoms with Gasteiger partial charge in [0.05, 0.1) is 34.9 Å². The van der Waals surface area contributed by atoms with Crippen LogP contribution in [0.3, 0.4) is 0 Å². The molecule has 8 nitrogen and oxygen atoms in total. The first kappa shape index (κ1) is 16.6. The van der Waals surface area contributed by atoms with Gasteiger partial charge in [0.15, 0.2) is 0 Å². The second-order valence-electron chi connectivity index (χ2n) is 6.46. The Hall–Kier alpha value is -2.87. The Morgan fingerprint density at radius 1 is 1.19 bits per heavy atom. The van der Waals surface area contributed by atoms with Crippen molar-refractivity contribution in [1.29, 1.82) is 0 Å². The molecule has 0 amide bonds. The summed E-state index contributed by atoms with van der Waals surface area (Å²) < 4.78 is 5.34. The van der Waals surface area contributed by atoms with Gasteiger partial charge in [0.25, 0.3) is 0 Å². The van der Waals surface area contributed by atoms with E-state index < -0.39 is 0 Å². The number of hydrogen-bond acceptors (Lipinski definition) is 8. The van der Waals surface area contributed by atoms with Crippen LogP contribution in [0.2, 0.25) is 0 Å². The van der Waals surface area contributed by atoms with Crippen molar-refractivity contribution in [3.8, 4) is 22.5 Å². The molecule has 0 radical (unpaired) electrons. The van der Waals surface area contributed by atoms with E-state index in [2.05, 4.69) is 20.1 Å². The van der Waals surface area contributed by atoms with Gasteiger partial charge in [-0.25, -0.2) is 9.97 Å². The number of aliphatic hydroxyl groups excluding tert-OH is 1. The molecule has 0 aromatic carbocycles. The molecular weight excluding hydrogens is 332 g/mol. The van der Waals surface area contributed by atoms with Gasteiger partial charge in [-0.05, 0) is 26.7 Å². The summed E-state index contributed by atoms with van der Waals surface area (Å²) in [6.45, 7) is 5.11. The largest absolute Gasteiger partial charge is 0.391 e. The minimum absolute atomic E-state index is 0.352. The lowest BCUT2D eigenvalue weighted by Crippen LogP contribution is -2.39. The lowest BCUT2D eigenvalue weighted by Gasteiger charge is -2.30. The maximum absolute atomic E-state index is 9.97. The molecule has 3 aromatic rings. The first-order valence-corrected chi connectivity index (χ1v) is 8.63. The van der Waals surface area contributed by atoms with Crippen LogP contribution in [-0.4, -0.2) is 49.4 Å². The number of aryl methyl sites for hydroxylation is 2. The van der Waals surface area contributed by atoms with Gasteiger partial charge in [0, 0.05) is 37.2 Å². The van der Waals surface area contributed by atoms with E-state index in [4.69, 9.17) is 9.51 Å². The van der Waals surface area contributed by atoms with Gasteiger partial charge in [-0.2, -0.15) is 0 Å². The third kappa shape index (κ3) is 3.03. The second kappa shape index (κ2) is 6.80. The summed E-state index contributed by atoms with van der Waals surface area (Å²) in [6, 6.07) is 0. The number of aromatic nitrogens is 5. The zero-order chi connectivity index (χ0) is 18.1. The van der Waals surface area contributed by atoms with Crippen LogP contribution in [0.4, 0.5) is 5.95 Å². The first-order chi connectivity index (χ1) is 12.6. The highest BCUT2D eigenvalue weighted by Crippen LogP contribution is 2.34. The van der Waals surface area contributed by atoms with Crippen molar-refractivity contribution >= 4 is 5.95 Å². The van der Waals surface area contributed by atoms with Gasteiger partial charge < -0.3 is 14.5 Å². The summed E-state index contributed by atoms with van der Waals surface area (Å²) >= 11 is 0. The molecule has 134 valence electrons. The van der Waals surface area contributed by atoms with E-state index >= 15 is 0 Å². The normalized spacial score (nSPS) is 17.5. The van der Waals surface area contributed by atoms with Crippen LogP contribution in [0.5, 0.6) is 0 Å². The van der Waals surface area contributed by atoms with Crippen LogP contribution in [-0.2, 0) is 0 Å². The number of β-amino-alcohol motifs (C(OH)–C–C–N with tert-alkyl or cyclic N) is 1. The van der Waals surface area contributed by atoms with Crippen LogP contribution >= 0.6 is 0 Å². The van der Waals surface area contributed by atoms with Crippen molar-refractivity contribution in [2.75, 3.05) is 18.0 Å². The fourth-order valence-corrected chi connectivity index (χ4v) is 3.30. The molecular formula is C18H20N6O2. The van der Waals surface area contributed by atoms with Crippen LogP contribution < -0.4 is 4.90 Å². The molecule has 1 saturated heterocycles. The minimum Gasteiger partial charge on any atom is -0.391 e. The topological polar surface area (TPSA) is 101 Å². The number of piperidine rings is 1. The number of anilines is 1. The molecule has 1 aliphatic rings. The molecule has 4 heterocycles. The van der Waals surface area contributed by atoms with Crippen molar-refractivity contribution in [3.05, 3.63) is 36.2 Å². The maximum atomic E-state index is 9.97. The lowest BCUT2D eigenvalue weighted by molar-refractivity contribution is 0.153. The van der Waals surface area contributed by atoms with Crippen LogP contribution in [0.15, 0.2) is 29.3 Å². The molecule has 1 atom stereocenters. The predicted octanol–water partition coefficient (Wildman–Crippen LogP) is 2.17. The second-order valence-corrected chi connectivity index (χ2v) is 6.46. The molecule has 3 aromatic heterocycles. The zero-order valence-corrected chi connectivity index (χ0v) is 14.8. The zero-order valence-electron chi connectivity index (χ0n) is 14.8. The number of rotatable bonds is 3. The summed E-state index contributed by atoms with van der Waals surface area (Å²) in [4.78, 5) is 19.9. The van der Waals surface area contributed by atoms with Gasteiger partial charge >= 0.3 is 0 Å². The molecule has 4 rings (SSSR count). The number of nitrogens with zero attached hydrogens (tertiary/aromatic N) is 6. The maximum Gasteiger partial charge on any atom is 0.225 e. The van der Waals surface area contributed by atoms with Gasteiger partial charge in [0.2, 0.25) is 5.95 Å². The highest BCUT2D eigenvalue weighted by molar-refractivity contribution is 5.80. The summed E-state index contributed by atoms with van der Waals surface area (Å²) in [5.41, 5.74) is 3.77. The summed E-state index contributed by atoms with van der Waals surface area (Å²) in [7, 11) is 0. The van der Waals surface area contributed by atoms with Gasteiger partial charge in [-0.1, -0.05) is 5.16 Å². The van der Waals surface area contributed by atoms with E-state index in [0.29, 0.717) is 29.6 Å². The van der Waals surface area contributed by atoms with Crippen molar-refractivity contribution in [2.24, 2.45) is 0 Å². The molecule has 26 heavy (non-hydrogen) atoms.